The molecular weight excluding hydrogens is 246 g/mol. The smallest absolute Gasteiger partial charge is 0.115 e. The molecule has 2 rings (SSSR count). The monoisotopic (exact) mass is 263 g/mol. The lowest BCUT2D eigenvalue weighted by Gasteiger charge is -2.04. The molecule has 1 aromatic carbocycles. The molecule has 96 valence electrons. The largest absolute Gasteiger partial charge is 0.396 e. The zero-order valence-electron chi connectivity index (χ0n) is 10.7. The average molecular weight is 264 g/mol. The number of hydrogen-bond donors (Lipinski definition) is 1. The molecule has 0 amide bonds. The summed E-state index contributed by atoms with van der Waals surface area (Å²) in [5.41, 5.74) is 8.54. The summed E-state index contributed by atoms with van der Waals surface area (Å²) in [6.07, 6.45) is 2.99. The number of aromatic nitrogens is 2. The van der Waals surface area contributed by atoms with Crippen LogP contribution in [0.5, 0.6) is 0 Å². The zero-order valence-corrected chi connectivity index (χ0v) is 11.5. The van der Waals surface area contributed by atoms with Crippen molar-refractivity contribution in [2.45, 2.75) is 26.8 Å². The minimum Gasteiger partial charge on any atom is -0.396 e. The highest BCUT2D eigenvalue weighted by atomic mass is 35.5. The van der Waals surface area contributed by atoms with Crippen LogP contribution in [0.25, 0.3) is 11.3 Å². The van der Waals surface area contributed by atoms with E-state index < -0.39 is 0 Å². The number of halogens is 1. The van der Waals surface area contributed by atoms with Crippen molar-refractivity contribution < 1.29 is 0 Å². The third-order valence-corrected chi connectivity index (χ3v) is 3.10. The molecule has 0 aliphatic carbocycles. The van der Waals surface area contributed by atoms with Gasteiger partial charge in [0.2, 0.25) is 0 Å². The van der Waals surface area contributed by atoms with Crippen LogP contribution in [0.1, 0.15) is 20.3 Å². The highest BCUT2D eigenvalue weighted by Crippen LogP contribution is 2.25. The van der Waals surface area contributed by atoms with Crippen LogP contribution in [0.15, 0.2) is 30.5 Å². The summed E-state index contributed by atoms with van der Waals surface area (Å²) in [5, 5.41) is 5.25. The van der Waals surface area contributed by atoms with Gasteiger partial charge in [0.05, 0.1) is 5.69 Å². The van der Waals surface area contributed by atoms with Crippen molar-refractivity contribution in [3.63, 3.8) is 0 Å². The van der Waals surface area contributed by atoms with Crippen LogP contribution in [0, 0.1) is 5.92 Å². The van der Waals surface area contributed by atoms with Crippen LogP contribution in [0.4, 0.5) is 5.69 Å². The van der Waals surface area contributed by atoms with Gasteiger partial charge in [0.15, 0.2) is 0 Å². The summed E-state index contributed by atoms with van der Waals surface area (Å²) in [7, 11) is 0. The van der Waals surface area contributed by atoms with Crippen LogP contribution in [0.2, 0.25) is 5.02 Å². The number of rotatable bonds is 4. The molecule has 1 aromatic heterocycles. The summed E-state index contributed by atoms with van der Waals surface area (Å²) in [4.78, 5) is 0. The number of aryl methyl sites for hydroxylation is 1. The quantitative estimate of drug-likeness (QED) is 0.911. The van der Waals surface area contributed by atoms with E-state index in [0.29, 0.717) is 11.6 Å². The number of nitrogens with zero attached hydrogens (tertiary/aromatic N) is 2. The van der Waals surface area contributed by atoms with E-state index in [0.717, 1.165) is 29.2 Å². The summed E-state index contributed by atoms with van der Waals surface area (Å²) in [6, 6.07) is 7.58. The third-order valence-electron chi connectivity index (χ3n) is 2.84. The Labute approximate surface area is 113 Å². The lowest BCUT2D eigenvalue weighted by molar-refractivity contribution is 0.488. The van der Waals surface area contributed by atoms with Crippen molar-refractivity contribution in [1.29, 1.82) is 0 Å². The molecule has 0 radical (unpaired) electrons. The van der Waals surface area contributed by atoms with Gasteiger partial charge in [-0.25, -0.2) is 0 Å². The van der Waals surface area contributed by atoms with E-state index in [2.05, 4.69) is 18.9 Å². The van der Waals surface area contributed by atoms with E-state index in [1.54, 1.807) is 0 Å². The maximum Gasteiger partial charge on any atom is 0.115 e. The molecule has 0 aliphatic rings. The van der Waals surface area contributed by atoms with Gasteiger partial charge in [-0.1, -0.05) is 37.6 Å². The third kappa shape index (κ3) is 3.05. The first-order valence-corrected chi connectivity index (χ1v) is 6.53. The van der Waals surface area contributed by atoms with Crippen LogP contribution < -0.4 is 5.73 Å². The zero-order chi connectivity index (χ0) is 13.1. The number of hydrogen-bond acceptors (Lipinski definition) is 2. The Bertz CT molecular complexity index is 514. The normalized spacial score (nSPS) is 11.1. The summed E-state index contributed by atoms with van der Waals surface area (Å²) in [6.45, 7) is 5.30. The van der Waals surface area contributed by atoms with Gasteiger partial charge in [-0.3, -0.25) is 4.68 Å². The van der Waals surface area contributed by atoms with Crippen LogP contribution in [-0.2, 0) is 6.54 Å². The molecule has 3 nitrogen and oxygen atoms in total. The topological polar surface area (TPSA) is 43.8 Å². The minimum absolute atomic E-state index is 0.661. The van der Waals surface area contributed by atoms with Crippen molar-refractivity contribution in [1.82, 2.24) is 9.78 Å². The number of benzene rings is 1. The van der Waals surface area contributed by atoms with Gasteiger partial charge in [-0.2, -0.15) is 5.10 Å². The first-order valence-electron chi connectivity index (χ1n) is 6.15. The van der Waals surface area contributed by atoms with Crippen molar-refractivity contribution >= 4 is 17.3 Å². The predicted octanol–water partition coefficient (Wildman–Crippen LogP) is 3.83. The standard InChI is InChI=1S/C14H18ClN3/c1-10(2)7-8-18-9-13(16)14(17-18)11-3-5-12(15)6-4-11/h3-6,9-10H,7-8,16H2,1-2H3. The van der Waals surface area contributed by atoms with Crippen LogP contribution in [-0.4, -0.2) is 9.78 Å². The Balaban J connectivity index is 2.21. The Kier molecular flexibility index (Phi) is 3.92. The predicted molar refractivity (Wildman–Crippen MR) is 76.5 cm³/mol. The molecule has 0 spiro atoms. The fourth-order valence-electron chi connectivity index (χ4n) is 1.77. The van der Waals surface area contributed by atoms with Crippen molar-refractivity contribution in [3.8, 4) is 11.3 Å². The van der Waals surface area contributed by atoms with E-state index >= 15 is 0 Å². The van der Waals surface area contributed by atoms with Gasteiger partial charge in [0, 0.05) is 23.3 Å². The molecule has 1 heterocycles. The molecule has 0 saturated heterocycles. The molecule has 2 N–H and O–H groups in total. The maximum absolute atomic E-state index is 6.00. The molecule has 0 aliphatic heterocycles. The van der Waals surface area contributed by atoms with E-state index in [1.807, 2.05) is 35.1 Å². The van der Waals surface area contributed by atoms with Crippen LogP contribution >= 0.6 is 11.6 Å². The molecule has 2 aromatic rings. The molecule has 0 saturated carbocycles. The van der Waals surface area contributed by atoms with Gasteiger partial charge in [-0.15, -0.1) is 0 Å². The summed E-state index contributed by atoms with van der Waals surface area (Å²) in [5.74, 6) is 0.661. The van der Waals surface area contributed by atoms with E-state index in [4.69, 9.17) is 17.3 Å². The Morgan fingerprint density at radius 2 is 1.94 bits per heavy atom. The first kappa shape index (κ1) is 13.0. The van der Waals surface area contributed by atoms with Crippen molar-refractivity contribution in [2.75, 3.05) is 5.73 Å². The second-order valence-corrected chi connectivity index (χ2v) is 5.32. The summed E-state index contributed by atoms with van der Waals surface area (Å²) >= 11 is 5.87. The Morgan fingerprint density at radius 1 is 1.28 bits per heavy atom. The molecular formula is C14H18ClN3. The highest BCUT2D eigenvalue weighted by Gasteiger charge is 2.08. The van der Waals surface area contributed by atoms with Crippen LogP contribution in [0.3, 0.4) is 0 Å². The molecule has 0 fully saturated rings. The van der Waals surface area contributed by atoms with Gasteiger partial charge >= 0.3 is 0 Å². The second kappa shape index (κ2) is 5.44. The summed E-state index contributed by atoms with van der Waals surface area (Å²) < 4.78 is 1.92. The Morgan fingerprint density at radius 3 is 2.56 bits per heavy atom. The fraction of sp³-hybridized carbons (Fsp3) is 0.357. The molecule has 18 heavy (non-hydrogen) atoms. The fourth-order valence-corrected chi connectivity index (χ4v) is 1.90. The SMILES string of the molecule is CC(C)CCn1cc(N)c(-c2ccc(Cl)cc2)n1. The maximum atomic E-state index is 6.00. The minimum atomic E-state index is 0.661. The van der Waals surface area contributed by atoms with Gasteiger partial charge in [-0.05, 0) is 24.5 Å². The molecule has 0 atom stereocenters. The molecule has 0 bridgehead atoms. The van der Waals surface area contributed by atoms with E-state index in [-0.39, 0.29) is 0 Å². The molecule has 4 heteroatoms. The van der Waals surface area contributed by atoms with Crippen molar-refractivity contribution in [2.24, 2.45) is 5.92 Å². The lowest BCUT2D eigenvalue weighted by Crippen LogP contribution is -2.01. The van der Waals surface area contributed by atoms with Gasteiger partial charge < -0.3 is 5.73 Å². The van der Waals surface area contributed by atoms with E-state index in [9.17, 15) is 0 Å². The second-order valence-electron chi connectivity index (χ2n) is 4.89. The van der Waals surface area contributed by atoms with E-state index in [1.165, 1.54) is 0 Å². The number of nitrogens with two attached hydrogens (primary N) is 1. The molecule has 0 unspecified atom stereocenters. The highest BCUT2D eigenvalue weighted by molar-refractivity contribution is 6.30. The van der Waals surface area contributed by atoms with Crippen molar-refractivity contribution in [3.05, 3.63) is 35.5 Å². The van der Waals surface area contributed by atoms with Gasteiger partial charge in [0.25, 0.3) is 0 Å². The number of nitrogen functional groups attached to an aromatic ring is 1. The lowest BCUT2D eigenvalue weighted by atomic mass is 10.1. The average Bonchev–Trinajstić information content (AvgIpc) is 2.69. The number of anilines is 1. The van der Waals surface area contributed by atoms with Gasteiger partial charge in [0.1, 0.15) is 5.69 Å². The Hall–Kier alpha value is -1.48. The first-order chi connectivity index (χ1) is 8.56.